The van der Waals surface area contributed by atoms with Crippen molar-refractivity contribution in [3.63, 3.8) is 0 Å². The molecule has 3 rings (SSSR count). The normalized spacial score (nSPS) is 16.8. The molecule has 1 saturated heterocycles. The number of aromatic nitrogens is 1. The number of hydrogen-bond donors (Lipinski definition) is 2. The van der Waals surface area contributed by atoms with Gasteiger partial charge in [0.05, 0.1) is 6.26 Å². The van der Waals surface area contributed by atoms with Crippen LogP contribution in [0.25, 0.3) is 10.9 Å². The summed E-state index contributed by atoms with van der Waals surface area (Å²) >= 11 is 0. The van der Waals surface area contributed by atoms with E-state index in [0.29, 0.717) is 32.0 Å². The second-order valence-corrected chi connectivity index (χ2v) is 9.10. The van der Waals surface area contributed by atoms with Gasteiger partial charge in [0, 0.05) is 43.2 Å². The maximum atomic E-state index is 12.1. The number of nitrogens with zero attached hydrogens (tertiary/aromatic N) is 1. The van der Waals surface area contributed by atoms with Crippen LogP contribution in [0.1, 0.15) is 31.2 Å². The molecule has 7 heteroatoms. The molecule has 0 bridgehead atoms. The summed E-state index contributed by atoms with van der Waals surface area (Å²) in [5.41, 5.74) is 2.38. The minimum atomic E-state index is -3.09. The second-order valence-electron chi connectivity index (χ2n) is 7.12. The third-order valence-electron chi connectivity index (χ3n) is 5.16. The standard InChI is InChI=1S/C19H27N3O3S/c1-26(24,25)22-11-9-15(10-12-22)13-21-19(23)8-4-5-16-14-20-18-7-3-2-6-17(16)18/h2-3,6-7,14-15,20H,4-5,8-13H2,1H3,(H,21,23). The Bertz CT molecular complexity index is 852. The Morgan fingerprint density at radius 3 is 2.73 bits per heavy atom. The van der Waals surface area contributed by atoms with Crippen molar-refractivity contribution in [2.45, 2.75) is 32.1 Å². The van der Waals surface area contributed by atoms with Crippen molar-refractivity contribution in [3.8, 4) is 0 Å². The first-order chi connectivity index (χ1) is 12.4. The van der Waals surface area contributed by atoms with Crippen molar-refractivity contribution in [2.75, 3.05) is 25.9 Å². The molecule has 2 heterocycles. The fourth-order valence-electron chi connectivity index (χ4n) is 3.57. The van der Waals surface area contributed by atoms with Gasteiger partial charge in [-0.3, -0.25) is 4.79 Å². The summed E-state index contributed by atoms with van der Waals surface area (Å²) in [6.45, 7) is 1.75. The molecule has 0 saturated carbocycles. The van der Waals surface area contributed by atoms with E-state index in [1.165, 1.54) is 21.5 Å². The third-order valence-corrected chi connectivity index (χ3v) is 6.46. The molecule has 1 aromatic heterocycles. The molecule has 0 spiro atoms. The Morgan fingerprint density at radius 1 is 1.27 bits per heavy atom. The van der Waals surface area contributed by atoms with Crippen molar-refractivity contribution >= 4 is 26.8 Å². The summed E-state index contributed by atoms with van der Waals surface area (Å²) in [6.07, 6.45) is 7.11. The fourth-order valence-corrected chi connectivity index (χ4v) is 4.44. The molecule has 1 amide bonds. The highest BCUT2D eigenvalue weighted by molar-refractivity contribution is 7.88. The van der Waals surface area contributed by atoms with Gasteiger partial charge >= 0.3 is 0 Å². The molecular weight excluding hydrogens is 350 g/mol. The molecule has 6 nitrogen and oxygen atoms in total. The van der Waals surface area contributed by atoms with Crippen molar-refractivity contribution in [3.05, 3.63) is 36.0 Å². The quantitative estimate of drug-likeness (QED) is 0.777. The number of H-pyrrole nitrogens is 1. The van der Waals surface area contributed by atoms with Crippen LogP contribution in [0.2, 0.25) is 0 Å². The molecule has 1 aliphatic rings. The number of carbonyl (C=O) groups is 1. The SMILES string of the molecule is CS(=O)(=O)N1CCC(CNC(=O)CCCc2c[nH]c3ccccc23)CC1. The maximum Gasteiger partial charge on any atom is 0.220 e. The number of aryl methyl sites for hydroxylation is 1. The summed E-state index contributed by atoms with van der Waals surface area (Å²) < 4.78 is 24.5. The zero-order valence-corrected chi connectivity index (χ0v) is 16.0. The molecule has 0 radical (unpaired) electrons. The summed E-state index contributed by atoms with van der Waals surface area (Å²) in [5, 5.41) is 4.24. The van der Waals surface area contributed by atoms with Gasteiger partial charge < -0.3 is 10.3 Å². The molecule has 1 fully saturated rings. The zero-order chi connectivity index (χ0) is 18.6. The van der Waals surface area contributed by atoms with Crippen molar-refractivity contribution < 1.29 is 13.2 Å². The number of amides is 1. The van der Waals surface area contributed by atoms with Crippen LogP contribution in [-0.4, -0.2) is 49.5 Å². The van der Waals surface area contributed by atoms with E-state index < -0.39 is 10.0 Å². The molecule has 0 atom stereocenters. The molecule has 0 unspecified atom stereocenters. The first kappa shape index (κ1) is 18.9. The summed E-state index contributed by atoms with van der Waals surface area (Å²) in [7, 11) is -3.09. The summed E-state index contributed by atoms with van der Waals surface area (Å²) in [6, 6.07) is 8.20. The predicted molar refractivity (Wildman–Crippen MR) is 103 cm³/mol. The number of para-hydroxylation sites is 1. The zero-order valence-electron chi connectivity index (χ0n) is 15.2. The second kappa shape index (κ2) is 8.22. The van der Waals surface area contributed by atoms with E-state index in [1.807, 2.05) is 18.3 Å². The van der Waals surface area contributed by atoms with Gasteiger partial charge in [0.15, 0.2) is 0 Å². The number of rotatable bonds is 7. The van der Waals surface area contributed by atoms with Gasteiger partial charge in [-0.2, -0.15) is 0 Å². The molecule has 0 aliphatic carbocycles. The minimum absolute atomic E-state index is 0.0791. The lowest BCUT2D eigenvalue weighted by Gasteiger charge is -2.30. The van der Waals surface area contributed by atoms with Crippen molar-refractivity contribution in [1.29, 1.82) is 0 Å². The van der Waals surface area contributed by atoms with Crippen LogP contribution in [0.5, 0.6) is 0 Å². The van der Waals surface area contributed by atoms with Gasteiger partial charge in [0.25, 0.3) is 0 Å². The highest BCUT2D eigenvalue weighted by Gasteiger charge is 2.24. The Morgan fingerprint density at radius 2 is 2.00 bits per heavy atom. The monoisotopic (exact) mass is 377 g/mol. The molecule has 26 heavy (non-hydrogen) atoms. The minimum Gasteiger partial charge on any atom is -0.361 e. The molecule has 2 aromatic rings. The lowest BCUT2D eigenvalue weighted by Crippen LogP contribution is -2.41. The van der Waals surface area contributed by atoms with E-state index in [2.05, 4.69) is 22.4 Å². The highest BCUT2D eigenvalue weighted by Crippen LogP contribution is 2.20. The number of piperidine rings is 1. The number of sulfonamides is 1. The van der Waals surface area contributed by atoms with Crippen molar-refractivity contribution in [1.82, 2.24) is 14.6 Å². The number of nitrogens with one attached hydrogen (secondary N) is 2. The Hall–Kier alpha value is -1.86. The van der Waals surface area contributed by atoms with Crippen LogP contribution in [0.3, 0.4) is 0 Å². The number of hydrogen-bond acceptors (Lipinski definition) is 3. The largest absolute Gasteiger partial charge is 0.361 e. The van der Waals surface area contributed by atoms with Crippen LogP contribution in [0, 0.1) is 5.92 Å². The maximum absolute atomic E-state index is 12.1. The van der Waals surface area contributed by atoms with E-state index in [1.54, 1.807) is 0 Å². The van der Waals surface area contributed by atoms with Crippen molar-refractivity contribution in [2.24, 2.45) is 5.92 Å². The average Bonchev–Trinajstić information content (AvgIpc) is 3.03. The molecule has 142 valence electrons. The van der Waals surface area contributed by atoms with Gasteiger partial charge in [-0.1, -0.05) is 18.2 Å². The van der Waals surface area contributed by atoms with E-state index in [0.717, 1.165) is 31.2 Å². The Labute approximate surface area is 155 Å². The molecule has 1 aliphatic heterocycles. The lowest BCUT2D eigenvalue weighted by molar-refractivity contribution is -0.121. The van der Waals surface area contributed by atoms with Crippen LogP contribution < -0.4 is 5.32 Å². The predicted octanol–water partition coefficient (Wildman–Crippen LogP) is 2.28. The van der Waals surface area contributed by atoms with Crippen LogP contribution in [0.4, 0.5) is 0 Å². The smallest absolute Gasteiger partial charge is 0.220 e. The Balaban J connectivity index is 1.36. The summed E-state index contributed by atoms with van der Waals surface area (Å²) in [5.74, 6) is 0.445. The van der Waals surface area contributed by atoms with Gasteiger partial charge in [-0.05, 0) is 43.2 Å². The van der Waals surface area contributed by atoms with Gasteiger partial charge in [0.2, 0.25) is 15.9 Å². The highest BCUT2D eigenvalue weighted by atomic mass is 32.2. The van der Waals surface area contributed by atoms with Crippen LogP contribution in [0.15, 0.2) is 30.5 Å². The average molecular weight is 378 g/mol. The third kappa shape index (κ3) is 4.86. The molecule has 1 aromatic carbocycles. The molecular formula is C19H27N3O3S. The van der Waals surface area contributed by atoms with E-state index in [4.69, 9.17) is 0 Å². The number of fused-ring (bicyclic) bond motifs is 1. The van der Waals surface area contributed by atoms with Gasteiger partial charge in [-0.15, -0.1) is 0 Å². The van der Waals surface area contributed by atoms with Crippen LogP contribution in [-0.2, 0) is 21.2 Å². The summed E-state index contributed by atoms with van der Waals surface area (Å²) in [4.78, 5) is 15.3. The van der Waals surface area contributed by atoms with Crippen LogP contribution >= 0.6 is 0 Å². The number of carbonyl (C=O) groups excluding carboxylic acids is 1. The molecule has 2 N–H and O–H groups in total. The van der Waals surface area contributed by atoms with Gasteiger partial charge in [0.1, 0.15) is 0 Å². The first-order valence-electron chi connectivity index (χ1n) is 9.20. The number of aromatic amines is 1. The topological polar surface area (TPSA) is 82.3 Å². The fraction of sp³-hybridized carbons (Fsp3) is 0.526. The van der Waals surface area contributed by atoms with E-state index in [-0.39, 0.29) is 5.91 Å². The van der Waals surface area contributed by atoms with E-state index >= 15 is 0 Å². The Kier molecular flexibility index (Phi) is 5.98. The number of benzene rings is 1. The lowest BCUT2D eigenvalue weighted by atomic mass is 9.98. The first-order valence-corrected chi connectivity index (χ1v) is 11.0. The van der Waals surface area contributed by atoms with E-state index in [9.17, 15) is 13.2 Å². The van der Waals surface area contributed by atoms with Gasteiger partial charge in [-0.25, -0.2) is 12.7 Å².